The molecule has 2 rings (SSSR count). The predicted octanol–water partition coefficient (Wildman–Crippen LogP) is 3.23. The third-order valence-corrected chi connectivity index (χ3v) is 3.25. The highest BCUT2D eigenvalue weighted by atomic mass is 35.5. The lowest BCUT2D eigenvalue weighted by Gasteiger charge is -2.13. The molecule has 0 radical (unpaired) electrons. The fraction of sp³-hybridized carbons (Fsp3) is 0.133. The van der Waals surface area contributed by atoms with Crippen LogP contribution in [-0.2, 0) is 0 Å². The zero-order valence-electron chi connectivity index (χ0n) is 10.9. The number of para-hydroxylation sites is 1. The van der Waals surface area contributed by atoms with Gasteiger partial charge in [0.1, 0.15) is 0 Å². The maximum Gasteiger partial charge on any atom is 0.255 e. The number of anilines is 2. The average molecular weight is 291 g/mol. The van der Waals surface area contributed by atoms with Crippen LogP contribution >= 0.6 is 11.6 Å². The van der Waals surface area contributed by atoms with Crippen molar-refractivity contribution >= 4 is 28.9 Å². The van der Waals surface area contributed by atoms with Crippen molar-refractivity contribution in [2.24, 2.45) is 0 Å². The Labute approximate surface area is 122 Å². The molecule has 4 nitrogen and oxygen atoms in total. The van der Waals surface area contributed by atoms with Gasteiger partial charge in [0.15, 0.2) is 0 Å². The number of carbonyl (C=O) groups is 1. The molecule has 0 aromatic heterocycles. The Balaban J connectivity index is 2.26. The lowest BCUT2D eigenvalue weighted by Crippen LogP contribution is -2.14. The van der Waals surface area contributed by atoms with E-state index in [1.165, 1.54) is 6.07 Å². The van der Waals surface area contributed by atoms with E-state index in [4.69, 9.17) is 17.3 Å². The van der Waals surface area contributed by atoms with Gasteiger partial charge in [-0.3, -0.25) is 4.79 Å². The number of rotatable bonds is 3. The van der Waals surface area contributed by atoms with Crippen LogP contribution in [0, 0.1) is 0 Å². The number of aliphatic hydroxyl groups is 1. The van der Waals surface area contributed by atoms with Gasteiger partial charge in [-0.05, 0) is 31.2 Å². The summed E-state index contributed by atoms with van der Waals surface area (Å²) in [4.78, 5) is 12.2. The quantitative estimate of drug-likeness (QED) is 0.760. The summed E-state index contributed by atoms with van der Waals surface area (Å²) in [5.74, 6) is -0.306. The number of nitrogen functional groups attached to an aromatic ring is 1. The summed E-state index contributed by atoms with van der Waals surface area (Å²) in [6.07, 6.45) is -0.665. The predicted molar refractivity (Wildman–Crippen MR) is 80.9 cm³/mol. The Morgan fingerprint density at radius 1 is 1.30 bits per heavy atom. The van der Waals surface area contributed by atoms with Crippen molar-refractivity contribution < 1.29 is 9.90 Å². The molecule has 0 fully saturated rings. The largest absolute Gasteiger partial charge is 0.398 e. The number of nitrogens with one attached hydrogen (secondary N) is 1. The molecule has 1 unspecified atom stereocenters. The summed E-state index contributed by atoms with van der Waals surface area (Å²) in [5.41, 5.74) is 7.66. The van der Waals surface area contributed by atoms with Crippen LogP contribution < -0.4 is 11.1 Å². The first-order valence-corrected chi connectivity index (χ1v) is 6.50. The number of hydrogen-bond donors (Lipinski definition) is 3. The lowest BCUT2D eigenvalue weighted by atomic mass is 10.1. The van der Waals surface area contributed by atoms with Gasteiger partial charge in [-0.1, -0.05) is 29.8 Å². The Morgan fingerprint density at radius 3 is 2.65 bits per heavy atom. The number of benzene rings is 2. The second kappa shape index (κ2) is 5.94. The third kappa shape index (κ3) is 3.10. The molecule has 5 heteroatoms. The van der Waals surface area contributed by atoms with E-state index in [1.54, 1.807) is 43.3 Å². The van der Waals surface area contributed by atoms with Gasteiger partial charge in [0.25, 0.3) is 5.91 Å². The summed E-state index contributed by atoms with van der Waals surface area (Å²) < 4.78 is 0. The summed E-state index contributed by atoms with van der Waals surface area (Å²) in [6.45, 7) is 1.64. The Bertz CT molecular complexity index is 642. The molecule has 104 valence electrons. The van der Waals surface area contributed by atoms with Gasteiger partial charge in [-0.2, -0.15) is 0 Å². The summed E-state index contributed by atoms with van der Waals surface area (Å²) in [5, 5.41) is 12.8. The highest BCUT2D eigenvalue weighted by Gasteiger charge is 2.12. The average Bonchev–Trinajstić information content (AvgIpc) is 2.42. The molecule has 2 aromatic carbocycles. The van der Waals surface area contributed by atoms with E-state index in [-0.39, 0.29) is 5.91 Å². The number of aliphatic hydroxyl groups excluding tert-OH is 1. The van der Waals surface area contributed by atoms with Crippen LogP contribution in [0.25, 0.3) is 0 Å². The molecule has 2 aromatic rings. The maximum atomic E-state index is 12.2. The fourth-order valence-electron chi connectivity index (χ4n) is 1.84. The van der Waals surface area contributed by atoms with E-state index in [1.807, 2.05) is 0 Å². The molecular weight excluding hydrogens is 276 g/mol. The minimum Gasteiger partial charge on any atom is -0.398 e. The zero-order valence-corrected chi connectivity index (χ0v) is 11.7. The van der Waals surface area contributed by atoms with Gasteiger partial charge in [-0.15, -0.1) is 0 Å². The first-order valence-electron chi connectivity index (χ1n) is 6.12. The van der Waals surface area contributed by atoms with Gasteiger partial charge in [-0.25, -0.2) is 0 Å². The molecule has 0 spiro atoms. The Hall–Kier alpha value is -2.04. The van der Waals surface area contributed by atoms with Crippen LogP contribution in [0.5, 0.6) is 0 Å². The normalized spacial score (nSPS) is 11.9. The monoisotopic (exact) mass is 290 g/mol. The number of nitrogens with two attached hydrogens (primary N) is 1. The first kappa shape index (κ1) is 14.4. The number of halogens is 1. The number of carbonyl (C=O) groups excluding carboxylic acids is 1. The SMILES string of the molecule is CC(O)c1ccccc1NC(=O)c1ccc(N)c(Cl)c1. The van der Waals surface area contributed by atoms with Gasteiger partial charge < -0.3 is 16.2 Å². The van der Waals surface area contributed by atoms with Crippen molar-refractivity contribution in [1.29, 1.82) is 0 Å². The molecular formula is C15H15ClN2O2. The fourth-order valence-corrected chi connectivity index (χ4v) is 2.02. The Morgan fingerprint density at radius 2 is 2.00 bits per heavy atom. The highest BCUT2D eigenvalue weighted by molar-refractivity contribution is 6.33. The highest BCUT2D eigenvalue weighted by Crippen LogP contribution is 2.24. The molecule has 1 atom stereocenters. The van der Waals surface area contributed by atoms with E-state index >= 15 is 0 Å². The molecule has 0 saturated heterocycles. The van der Waals surface area contributed by atoms with Crippen molar-refractivity contribution in [3.8, 4) is 0 Å². The molecule has 0 aliphatic carbocycles. The van der Waals surface area contributed by atoms with E-state index in [2.05, 4.69) is 5.32 Å². The minimum atomic E-state index is -0.665. The Kier molecular flexibility index (Phi) is 4.27. The molecule has 0 heterocycles. The lowest BCUT2D eigenvalue weighted by molar-refractivity contribution is 0.102. The zero-order chi connectivity index (χ0) is 14.7. The summed E-state index contributed by atoms with van der Waals surface area (Å²) in [7, 11) is 0. The molecule has 4 N–H and O–H groups in total. The standard InChI is InChI=1S/C15H15ClN2O2/c1-9(19)11-4-2-3-5-14(11)18-15(20)10-6-7-13(17)12(16)8-10/h2-9,19H,17H2,1H3,(H,18,20). The molecule has 0 bridgehead atoms. The second-order valence-electron chi connectivity index (χ2n) is 4.45. The molecule has 1 amide bonds. The van der Waals surface area contributed by atoms with Gasteiger partial charge >= 0.3 is 0 Å². The van der Waals surface area contributed by atoms with E-state index in [9.17, 15) is 9.90 Å². The second-order valence-corrected chi connectivity index (χ2v) is 4.86. The number of hydrogen-bond acceptors (Lipinski definition) is 3. The molecule has 0 saturated carbocycles. The third-order valence-electron chi connectivity index (χ3n) is 2.92. The van der Waals surface area contributed by atoms with Crippen molar-refractivity contribution in [1.82, 2.24) is 0 Å². The van der Waals surface area contributed by atoms with Crippen LogP contribution in [0.15, 0.2) is 42.5 Å². The van der Waals surface area contributed by atoms with Crippen molar-refractivity contribution in [3.63, 3.8) is 0 Å². The van der Waals surface area contributed by atoms with E-state index < -0.39 is 6.10 Å². The number of amides is 1. The molecule has 0 aliphatic heterocycles. The van der Waals surface area contributed by atoms with E-state index in [0.29, 0.717) is 27.5 Å². The van der Waals surface area contributed by atoms with Crippen molar-refractivity contribution in [2.45, 2.75) is 13.0 Å². The van der Waals surface area contributed by atoms with Gasteiger partial charge in [0.05, 0.1) is 16.8 Å². The maximum absolute atomic E-state index is 12.2. The van der Waals surface area contributed by atoms with Crippen molar-refractivity contribution in [2.75, 3.05) is 11.1 Å². The molecule has 20 heavy (non-hydrogen) atoms. The van der Waals surface area contributed by atoms with E-state index in [0.717, 1.165) is 0 Å². The minimum absolute atomic E-state index is 0.306. The topological polar surface area (TPSA) is 75.3 Å². The van der Waals surface area contributed by atoms with Crippen LogP contribution in [0.4, 0.5) is 11.4 Å². The van der Waals surface area contributed by atoms with Crippen LogP contribution in [-0.4, -0.2) is 11.0 Å². The first-order chi connectivity index (χ1) is 9.49. The molecule has 0 aliphatic rings. The van der Waals surface area contributed by atoms with Crippen LogP contribution in [0.1, 0.15) is 28.9 Å². The summed E-state index contributed by atoms with van der Waals surface area (Å²) in [6, 6.07) is 11.8. The summed E-state index contributed by atoms with van der Waals surface area (Å²) >= 11 is 5.90. The van der Waals surface area contributed by atoms with Gasteiger partial charge in [0, 0.05) is 16.8 Å². The van der Waals surface area contributed by atoms with Crippen LogP contribution in [0.2, 0.25) is 5.02 Å². The smallest absolute Gasteiger partial charge is 0.255 e. The van der Waals surface area contributed by atoms with Crippen LogP contribution in [0.3, 0.4) is 0 Å². The van der Waals surface area contributed by atoms with Crippen molar-refractivity contribution in [3.05, 3.63) is 58.6 Å². The van der Waals surface area contributed by atoms with Gasteiger partial charge in [0.2, 0.25) is 0 Å².